The first-order chi connectivity index (χ1) is 9.20. The van der Waals surface area contributed by atoms with E-state index in [1.807, 2.05) is 0 Å². The third-order valence-electron chi connectivity index (χ3n) is 2.50. The molecule has 0 N–H and O–H groups in total. The number of benzene rings is 1. The minimum absolute atomic E-state index is 0.0497. The normalized spacial score (nSPS) is 10.8. The van der Waals surface area contributed by atoms with Crippen molar-refractivity contribution in [3.63, 3.8) is 0 Å². The number of aromatic nitrogens is 2. The van der Waals surface area contributed by atoms with E-state index in [1.54, 1.807) is 11.6 Å². The maximum absolute atomic E-state index is 13.5. The predicted molar refractivity (Wildman–Crippen MR) is 64.9 cm³/mol. The fraction of sp³-hybridized carbons (Fsp3) is 0. The molecule has 0 aliphatic carbocycles. The molecule has 0 saturated heterocycles. The molecule has 3 rings (SSSR count). The Morgan fingerprint density at radius 3 is 3.00 bits per heavy atom. The zero-order valence-electron chi connectivity index (χ0n) is 9.34. The lowest BCUT2D eigenvalue weighted by molar-refractivity contribution is 0.111. The van der Waals surface area contributed by atoms with Crippen molar-refractivity contribution >= 4 is 22.6 Å². The Morgan fingerprint density at radius 1 is 1.37 bits per heavy atom. The van der Waals surface area contributed by atoms with Crippen LogP contribution in [0.3, 0.4) is 0 Å². The molecule has 0 aliphatic heterocycles. The number of fused-ring (bicyclic) bond motifs is 1. The predicted octanol–water partition coefficient (Wildman–Crippen LogP) is 3.28. The molecule has 0 atom stereocenters. The molecule has 0 spiro atoms. The van der Waals surface area contributed by atoms with E-state index in [-0.39, 0.29) is 17.3 Å². The molecule has 0 fully saturated rings. The van der Waals surface area contributed by atoms with Gasteiger partial charge in [-0.3, -0.25) is 9.20 Å². The van der Waals surface area contributed by atoms with E-state index >= 15 is 0 Å². The van der Waals surface area contributed by atoms with Crippen molar-refractivity contribution in [2.75, 3.05) is 0 Å². The summed E-state index contributed by atoms with van der Waals surface area (Å²) in [6.45, 7) is 0. The molecule has 3 aromatic rings. The Labute approximate surface area is 109 Å². The van der Waals surface area contributed by atoms with Crippen LogP contribution in [0, 0.1) is 11.6 Å². The number of thiazole rings is 1. The summed E-state index contributed by atoms with van der Waals surface area (Å²) in [5.74, 6) is -2.50. The first-order valence-electron chi connectivity index (χ1n) is 5.23. The molecule has 96 valence electrons. The van der Waals surface area contributed by atoms with Gasteiger partial charge in [-0.25, -0.2) is 4.39 Å². The second-order valence-electron chi connectivity index (χ2n) is 3.63. The number of hydrogen-bond acceptors (Lipinski definition) is 4. The Kier molecular flexibility index (Phi) is 2.75. The van der Waals surface area contributed by atoms with Crippen LogP contribution >= 0.6 is 11.3 Å². The number of halogens is 2. The van der Waals surface area contributed by atoms with E-state index in [0.717, 1.165) is 6.07 Å². The largest absolute Gasteiger partial charge is 0.434 e. The lowest BCUT2D eigenvalue weighted by atomic mass is 10.3. The highest BCUT2D eigenvalue weighted by atomic mass is 32.1. The molecule has 0 radical (unpaired) electrons. The molecule has 2 aromatic heterocycles. The zero-order chi connectivity index (χ0) is 13.4. The number of aldehydes is 1. The molecule has 0 aliphatic rings. The highest BCUT2D eigenvalue weighted by Gasteiger charge is 2.17. The maximum Gasteiger partial charge on any atom is 0.250 e. The summed E-state index contributed by atoms with van der Waals surface area (Å²) >= 11 is 1.30. The zero-order valence-corrected chi connectivity index (χ0v) is 10.2. The lowest BCUT2D eigenvalue weighted by Crippen LogP contribution is -1.95. The Bertz CT molecular complexity index is 766. The average Bonchev–Trinajstić information content (AvgIpc) is 2.95. The van der Waals surface area contributed by atoms with Gasteiger partial charge in [-0.05, 0) is 12.1 Å². The van der Waals surface area contributed by atoms with Crippen LogP contribution in [-0.4, -0.2) is 15.7 Å². The van der Waals surface area contributed by atoms with Crippen molar-refractivity contribution in [1.82, 2.24) is 9.38 Å². The van der Waals surface area contributed by atoms with E-state index in [9.17, 15) is 13.6 Å². The van der Waals surface area contributed by atoms with Gasteiger partial charge in [0.2, 0.25) is 11.7 Å². The van der Waals surface area contributed by atoms with Crippen LogP contribution in [0.4, 0.5) is 8.78 Å². The molecule has 19 heavy (non-hydrogen) atoms. The first kappa shape index (κ1) is 11.8. The molecule has 0 unspecified atom stereocenters. The van der Waals surface area contributed by atoms with Crippen molar-refractivity contribution in [3.8, 4) is 11.6 Å². The summed E-state index contributed by atoms with van der Waals surface area (Å²) in [5.41, 5.74) is 0.153. The highest BCUT2D eigenvalue weighted by Crippen LogP contribution is 2.29. The SMILES string of the molecule is O=Cc1c(Oc2cccc(F)c2F)nc2sccn12. The monoisotopic (exact) mass is 280 g/mol. The molecule has 0 bridgehead atoms. The molecule has 0 amide bonds. The van der Waals surface area contributed by atoms with Gasteiger partial charge in [-0.15, -0.1) is 11.3 Å². The number of nitrogens with zero attached hydrogens (tertiary/aromatic N) is 2. The van der Waals surface area contributed by atoms with Crippen LogP contribution in [0.1, 0.15) is 10.5 Å². The van der Waals surface area contributed by atoms with Crippen molar-refractivity contribution in [2.24, 2.45) is 0 Å². The summed E-state index contributed by atoms with van der Waals surface area (Å²) in [7, 11) is 0. The van der Waals surface area contributed by atoms with Gasteiger partial charge in [0.05, 0.1) is 0 Å². The minimum Gasteiger partial charge on any atom is -0.434 e. The second-order valence-corrected chi connectivity index (χ2v) is 4.50. The summed E-state index contributed by atoms with van der Waals surface area (Å²) in [6.07, 6.45) is 2.20. The number of rotatable bonds is 3. The molecule has 0 saturated carbocycles. The van der Waals surface area contributed by atoms with Crippen molar-refractivity contribution in [2.45, 2.75) is 0 Å². The summed E-state index contributed by atoms with van der Waals surface area (Å²) in [5, 5.41) is 1.75. The van der Waals surface area contributed by atoms with Crippen LogP contribution in [0.2, 0.25) is 0 Å². The number of hydrogen-bond donors (Lipinski definition) is 0. The molecule has 2 heterocycles. The molecule has 1 aromatic carbocycles. The van der Waals surface area contributed by atoms with Crippen molar-refractivity contribution < 1.29 is 18.3 Å². The van der Waals surface area contributed by atoms with Crippen molar-refractivity contribution in [3.05, 3.63) is 47.1 Å². The molecule has 7 heteroatoms. The fourth-order valence-corrected chi connectivity index (χ4v) is 2.35. The van der Waals surface area contributed by atoms with Gasteiger partial charge in [0.15, 0.2) is 28.5 Å². The van der Waals surface area contributed by atoms with Crippen LogP contribution in [0.5, 0.6) is 11.6 Å². The lowest BCUT2D eigenvalue weighted by Gasteiger charge is -2.04. The summed E-state index contributed by atoms with van der Waals surface area (Å²) < 4.78 is 33.2. The number of ether oxygens (including phenoxy) is 1. The number of carbonyl (C=O) groups excluding carboxylic acids is 1. The van der Waals surface area contributed by atoms with Gasteiger partial charge in [0.25, 0.3) is 0 Å². The third-order valence-corrected chi connectivity index (χ3v) is 3.26. The first-order valence-corrected chi connectivity index (χ1v) is 6.11. The van der Waals surface area contributed by atoms with E-state index in [4.69, 9.17) is 4.74 Å². The van der Waals surface area contributed by atoms with Crippen LogP contribution in [0.15, 0.2) is 29.8 Å². The van der Waals surface area contributed by atoms with E-state index in [0.29, 0.717) is 11.2 Å². The Balaban J connectivity index is 2.07. The fourth-order valence-electron chi connectivity index (χ4n) is 1.63. The molecular formula is C12H6F2N2O2S. The van der Waals surface area contributed by atoms with Gasteiger partial charge in [-0.2, -0.15) is 9.37 Å². The quantitative estimate of drug-likeness (QED) is 0.691. The highest BCUT2D eigenvalue weighted by molar-refractivity contribution is 7.15. The smallest absolute Gasteiger partial charge is 0.250 e. The van der Waals surface area contributed by atoms with Crippen LogP contribution < -0.4 is 4.74 Å². The number of imidazole rings is 1. The Hall–Kier alpha value is -2.28. The molecule has 4 nitrogen and oxygen atoms in total. The average molecular weight is 280 g/mol. The van der Waals surface area contributed by atoms with E-state index in [1.165, 1.54) is 27.9 Å². The van der Waals surface area contributed by atoms with Crippen LogP contribution in [-0.2, 0) is 0 Å². The van der Waals surface area contributed by atoms with Crippen molar-refractivity contribution in [1.29, 1.82) is 0 Å². The standard InChI is InChI=1S/C12H6F2N2O2S/c13-7-2-1-3-9(10(7)14)18-11-8(6-17)16-4-5-19-12(16)15-11/h1-6H. The number of carbonyl (C=O) groups is 1. The van der Waals surface area contributed by atoms with E-state index in [2.05, 4.69) is 4.98 Å². The topological polar surface area (TPSA) is 43.6 Å². The Morgan fingerprint density at radius 2 is 2.21 bits per heavy atom. The third kappa shape index (κ3) is 1.88. The van der Waals surface area contributed by atoms with Gasteiger partial charge >= 0.3 is 0 Å². The van der Waals surface area contributed by atoms with Gasteiger partial charge in [-0.1, -0.05) is 6.07 Å². The summed E-state index contributed by atoms with van der Waals surface area (Å²) in [6, 6.07) is 3.56. The van der Waals surface area contributed by atoms with Gasteiger partial charge in [0, 0.05) is 11.6 Å². The van der Waals surface area contributed by atoms with E-state index < -0.39 is 11.6 Å². The second kappa shape index (κ2) is 4.43. The summed E-state index contributed by atoms with van der Waals surface area (Å²) in [4.78, 5) is 15.6. The van der Waals surface area contributed by atoms with Gasteiger partial charge in [0.1, 0.15) is 0 Å². The van der Waals surface area contributed by atoms with Gasteiger partial charge < -0.3 is 4.74 Å². The maximum atomic E-state index is 13.5. The van der Waals surface area contributed by atoms with Crippen LogP contribution in [0.25, 0.3) is 4.96 Å². The minimum atomic E-state index is -1.12. The molecular weight excluding hydrogens is 274 g/mol.